The van der Waals surface area contributed by atoms with E-state index in [-0.39, 0.29) is 17.8 Å². The van der Waals surface area contributed by atoms with E-state index in [1.807, 2.05) is 0 Å². The van der Waals surface area contributed by atoms with Crippen molar-refractivity contribution in [2.75, 3.05) is 30.3 Å². The van der Waals surface area contributed by atoms with Gasteiger partial charge in [-0.15, -0.1) is 0 Å². The fourth-order valence-corrected chi connectivity index (χ4v) is 3.75. The molecule has 0 atom stereocenters. The minimum Gasteiger partial charge on any atom is -0.370 e. The lowest BCUT2D eigenvalue weighted by atomic mass is 9.95. The van der Waals surface area contributed by atoms with E-state index in [0.29, 0.717) is 12.5 Å². The molecular weight excluding hydrogens is 343 g/mol. The Hall–Kier alpha value is -1.57. The zero-order chi connectivity index (χ0) is 18.4. The van der Waals surface area contributed by atoms with Crippen molar-refractivity contribution in [3.05, 3.63) is 11.8 Å². The second-order valence-electron chi connectivity index (χ2n) is 7.35. The Kier molecular flexibility index (Phi) is 6.56. The summed E-state index contributed by atoms with van der Waals surface area (Å²) >= 11 is 0. The number of nitrogens with zero attached hydrogens (tertiary/aromatic N) is 2. The van der Waals surface area contributed by atoms with Crippen LogP contribution in [0, 0.1) is 5.92 Å². The molecule has 0 aromatic carbocycles. The summed E-state index contributed by atoms with van der Waals surface area (Å²) in [4.78, 5) is 7.98. The highest BCUT2D eigenvalue weighted by Crippen LogP contribution is 2.30. The molecule has 0 amide bonds. The summed E-state index contributed by atoms with van der Waals surface area (Å²) in [6, 6.07) is 1.17. The molecule has 146 valence electrons. The van der Waals surface area contributed by atoms with Crippen LogP contribution in [0.3, 0.4) is 0 Å². The van der Waals surface area contributed by atoms with Gasteiger partial charge in [-0.25, -0.2) is 4.98 Å². The average molecular weight is 371 g/mol. The summed E-state index contributed by atoms with van der Waals surface area (Å²) in [6.45, 7) is 2.67. The number of aromatic nitrogens is 2. The highest BCUT2D eigenvalue weighted by molar-refractivity contribution is 5.43. The van der Waals surface area contributed by atoms with Crippen molar-refractivity contribution in [1.29, 1.82) is 0 Å². The number of piperidine rings is 1. The van der Waals surface area contributed by atoms with Crippen LogP contribution in [0.4, 0.5) is 24.9 Å². The number of halogens is 3. The van der Waals surface area contributed by atoms with Crippen molar-refractivity contribution in [2.24, 2.45) is 5.92 Å². The van der Waals surface area contributed by atoms with Gasteiger partial charge in [0.1, 0.15) is 5.82 Å². The third kappa shape index (κ3) is 5.72. The molecule has 2 fully saturated rings. The van der Waals surface area contributed by atoms with Gasteiger partial charge in [-0.05, 0) is 51.1 Å². The van der Waals surface area contributed by atoms with E-state index < -0.39 is 11.9 Å². The first-order valence-electron chi connectivity index (χ1n) is 9.68. The second-order valence-corrected chi connectivity index (χ2v) is 7.35. The van der Waals surface area contributed by atoms with Crippen molar-refractivity contribution >= 4 is 11.8 Å². The Morgan fingerprint density at radius 1 is 1.04 bits per heavy atom. The molecule has 2 aliphatic rings. The Balaban J connectivity index is 1.63. The lowest BCUT2D eigenvalue weighted by Gasteiger charge is -2.24. The molecular formula is C18H28F3N5. The smallest absolute Gasteiger partial charge is 0.370 e. The first kappa shape index (κ1) is 19.2. The topological polar surface area (TPSA) is 61.9 Å². The Morgan fingerprint density at radius 3 is 2.46 bits per heavy atom. The maximum absolute atomic E-state index is 13.2. The highest BCUT2D eigenvalue weighted by Gasteiger charge is 2.34. The molecule has 3 N–H and O–H groups in total. The van der Waals surface area contributed by atoms with Crippen LogP contribution in [0.25, 0.3) is 0 Å². The minimum absolute atomic E-state index is 0.0797. The quantitative estimate of drug-likeness (QED) is 0.704. The van der Waals surface area contributed by atoms with E-state index in [9.17, 15) is 13.2 Å². The number of nitrogens with one attached hydrogen (secondary N) is 3. The summed E-state index contributed by atoms with van der Waals surface area (Å²) in [6.07, 6.45) is 3.99. The van der Waals surface area contributed by atoms with E-state index in [1.54, 1.807) is 0 Å². The molecule has 0 radical (unpaired) electrons. The van der Waals surface area contributed by atoms with E-state index in [2.05, 4.69) is 25.9 Å². The SMILES string of the molecule is FC(F)(F)c1cc(NCCC2CCNCC2)nc(NC2CCCCC2)n1. The summed E-state index contributed by atoms with van der Waals surface area (Å²) in [5.74, 6) is 0.947. The van der Waals surface area contributed by atoms with Crippen LogP contribution in [0.2, 0.25) is 0 Å². The van der Waals surface area contributed by atoms with Crippen molar-refractivity contribution in [1.82, 2.24) is 15.3 Å². The summed E-state index contributed by atoms with van der Waals surface area (Å²) in [5.41, 5.74) is -0.893. The van der Waals surface area contributed by atoms with Crippen LogP contribution in [0.15, 0.2) is 6.07 Å². The Labute approximate surface area is 152 Å². The zero-order valence-electron chi connectivity index (χ0n) is 15.0. The molecule has 5 nitrogen and oxygen atoms in total. The third-order valence-corrected chi connectivity index (χ3v) is 5.27. The van der Waals surface area contributed by atoms with Gasteiger partial charge in [0.05, 0.1) is 0 Å². The minimum atomic E-state index is -4.47. The van der Waals surface area contributed by atoms with Gasteiger partial charge in [0.2, 0.25) is 5.95 Å². The highest BCUT2D eigenvalue weighted by atomic mass is 19.4. The molecule has 8 heteroatoms. The van der Waals surface area contributed by atoms with Gasteiger partial charge in [0, 0.05) is 18.7 Å². The van der Waals surface area contributed by atoms with Gasteiger partial charge in [-0.3, -0.25) is 0 Å². The summed E-state index contributed by atoms with van der Waals surface area (Å²) < 4.78 is 39.6. The maximum atomic E-state index is 13.2. The number of hydrogen-bond donors (Lipinski definition) is 3. The van der Waals surface area contributed by atoms with Crippen molar-refractivity contribution in [2.45, 2.75) is 63.6 Å². The number of rotatable bonds is 6. The lowest BCUT2D eigenvalue weighted by Crippen LogP contribution is -2.28. The molecule has 0 bridgehead atoms. The molecule has 1 aliphatic carbocycles. The second kappa shape index (κ2) is 8.88. The van der Waals surface area contributed by atoms with Gasteiger partial charge in [0.15, 0.2) is 5.69 Å². The average Bonchev–Trinajstić information content (AvgIpc) is 2.63. The van der Waals surface area contributed by atoms with Crippen LogP contribution < -0.4 is 16.0 Å². The standard InChI is InChI=1S/C18H28F3N5/c19-18(20,21)15-12-16(23-11-8-13-6-9-22-10-7-13)26-17(25-15)24-14-4-2-1-3-5-14/h12-14,22H,1-11H2,(H2,23,24,25,26). The van der Waals surface area contributed by atoms with Crippen LogP contribution in [-0.2, 0) is 6.18 Å². The molecule has 1 aliphatic heterocycles. The van der Waals surface area contributed by atoms with Gasteiger partial charge < -0.3 is 16.0 Å². The van der Waals surface area contributed by atoms with Crippen molar-refractivity contribution < 1.29 is 13.2 Å². The summed E-state index contributed by atoms with van der Waals surface area (Å²) in [7, 11) is 0. The maximum Gasteiger partial charge on any atom is 0.433 e. The normalized spacial score (nSPS) is 20.1. The zero-order valence-corrected chi connectivity index (χ0v) is 15.0. The van der Waals surface area contributed by atoms with E-state index in [4.69, 9.17) is 0 Å². The van der Waals surface area contributed by atoms with Gasteiger partial charge >= 0.3 is 6.18 Å². The van der Waals surface area contributed by atoms with E-state index in [0.717, 1.165) is 64.1 Å². The Morgan fingerprint density at radius 2 is 1.77 bits per heavy atom. The van der Waals surface area contributed by atoms with Crippen LogP contribution in [-0.4, -0.2) is 35.6 Å². The van der Waals surface area contributed by atoms with E-state index >= 15 is 0 Å². The number of alkyl halides is 3. The number of anilines is 2. The van der Waals surface area contributed by atoms with Crippen molar-refractivity contribution in [3.8, 4) is 0 Å². The van der Waals surface area contributed by atoms with Crippen molar-refractivity contribution in [3.63, 3.8) is 0 Å². The first-order chi connectivity index (χ1) is 12.5. The molecule has 1 aromatic rings. The molecule has 26 heavy (non-hydrogen) atoms. The predicted molar refractivity (Wildman–Crippen MR) is 96.2 cm³/mol. The molecule has 1 saturated heterocycles. The largest absolute Gasteiger partial charge is 0.433 e. The molecule has 2 heterocycles. The molecule has 0 spiro atoms. The van der Waals surface area contributed by atoms with Crippen LogP contribution in [0.1, 0.15) is 57.1 Å². The fraction of sp³-hybridized carbons (Fsp3) is 0.778. The van der Waals surface area contributed by atoms with Gasteiger partial charge in [-0.2, -0.15) is 18.2 Å². The Bertz CT molecular complexity index is 566. The third-order valence-electron chi connectivity index (χ3n) is 5.27. The molecule has 1 saturated carbocycles. The molecule has 1 aromatic heterocycles. The fourth-order valence-electron chi connectivity index (χ4n) is 3.75. The van der Waals surface area contributed by atoms with E-state index in [1.165, 1.54) is 6.42 Å². The molecule has 3 rings (SSSR count). The first-order valence-corrected chi connectivity index (χ1v) is 9.68. The van der Waals surface area contributed by atoms with Crippen LogP contribution in [0.5, 0.6) is 0 Å². The summed E-state index contributed by atoms with van der Waals surface area (Å²) in [5, 5.41) is 9.49. The molecule has 0 unspecified atom stereocenters. The lowest BCUT2D eigenvalue weighted by molar-refractivity contribution is -0.141. The van der Waals surface area contributed by atoms with Gasteiger partial charge in [-0.1, -0.05) is 19.3 Å². The number of hydrogen-bond acceptors (Lipinski definition) is 5. The monoisotopic (exact) mass is 371 g/mol. The predicted octanol–water partition coefficient (Wildman–Crippen LogP) is 4.04. The van der Waals surface area contributed by atoms with Crippen LogP contribution >= 0.6 is 0 Å². The van der Waals surface area contributed by atoms with Gasteiger partial charge in [0.25, 0.3) is 0 Å².